The molecule has 4 heterocycles. The molecule has 172 valence electrons. The lowest BCUT2D eigenvalue weighted by Gasteiger charge is -2.12. The van der Waals surface area contributed by atoms with Gasteiger partial charge in [-0.3, -0.25) is 4.79 Å². The molecule has 1 N–H and O–H groups in total. The fourth-order valence-electron chi connectivity index (χ4n) is 4.46. The second kappa shape index (κ2) is 7.86. The number of fused-ring (bicyclic) bond motifs is 1. The summed E-state index contributed by atoms with van der Waals surface area (Å²) in [5.74, 6) is 0.0762. The van der Waals surface area contributed by atoms with E-state index in [0.29, 0.717) is 35.1 Å². The molecule has 7 nitrogen and oxygen atoms in total. The number of hydrogen-bond donors (Lipinski definition) is 1. The van der Waals surface area contributed by atoms with E-state index < -0.39 is 17.9 Å². The van der Waals surface area contributed by atoms with Crippen LogP contribution in [0.4, 0.5) is 14.6 Å². The molecule has 0 unspecified atom stereocenters. The largest absolute Gasteiger partial charge is 0.324 e. The lowest BCUT2D eigenvalue weighted by atomic mass is 10.1. The first-order valence-corrected chi connectivity index (χ1v) is 11.3. The second-order valence-corrected chi connectivity index (χ2v) is 8.95. The lowest BCUT2D eigenvalue weighted by molar-refractivity contribution is 0.102. The highest BCUT2D eigenvalue weighted by atomic mass is 19.1. The summed E-state index contributed by atoms with van der Waals surface area (Å²) in [5, 5.41) is 2.68. The Morgan fingerprint density at radius 2 is 2.06 bits per heavy atom. The predicted octanol–water partition coefficient (Wildman–Crippen LogP) is 4.60. The summed E-state index contributed by atoms with van der Waals surface area (Å²) in [7, 11) is 0. The number of aromatic nitrogens is 5. The van der Waals surface area contributed by atoms with Crippen molar-refractivity contribution in [2.45, 2.75) is 44.8 Å². The van der Waals surface area contributed by atoms with Gasteiger partial charge >= 0.3 is 0 Å². The van der Waals surface area contributed by atoms with E-state index >= 15 is 0 Å². The number of amides is 1. The topological polar surface area (TPSA) is 77.6 Å². The molecule has 0 radical (unpaired) electrons. The minimum atomic E-state index is -0.936. The van der Waals surface area contributed by atoms with Crippen molar-refractivity contribution < 1.29 is 13.6 Å². The molecule has 4 aromatic rings. The molecular formula is C25H22F2N6O. The number of alkyl halides is 1. The van der Waals surface area contributed by atoms with Gasteiger partial charge in [-0.1, -0.05) is 6.07 Å². The molecule has 2 aliphatic rings. The van der Waals surface area contributed by atoms with Crippen molar-refractivity contribution in [3.8, 4) is 17.2 Å². The number of imidazole rings is 2. The quantitative estimate of drug-likeness (QED) is 0.472. The maximum Gasteiger partial charge on any atom is 0.259 e. The van der Waals surface area contributed by atoms with Crippen LogP contribution in [0.3, 0.4) is 0 Å². The number of pyridine rings is 1. The van der Waals surface area contributed by atoms with Crippen LogP contribution in [-0.2, 0) is 13.0 Å². The van der Waals surface area contributed by atoms with E-state index in [-0.39, 0.29) is 17.9 Å². The molecule has 1 aromatic carbocycles. The molecule has 1 aliphatic carbocycles. The average molecular weight is 460 g/mol. The minimum Gasteiger partial charge on any atom is -0.324 e. The predicted molar refractivity (Wildman–Crippen MR) is 122 cm³/mol. The van der Waals surface area contributed by atoms with Crippen LogP contribution in [-0.4, -0.2) is 36.2 Å². The van der Waals surface area contributed by atoms with Crippen LogP contribution in [0, 0.1) is 12.7 Å². The molecule has 1 saturated carbocycles. The van der Waals surface area contributed by atoms with E-state index in [1.165, 1.54) is 12.1 Å². The van der Waals surface area contributed by atoms with E-state index in [1.54, 1.807) is 42.2 Å². The number of carbonyl (C=O) groups is 1. The normalized spacial score (nSPS) is 17.1. The Kier molecular flexibility index (Phi) is 4.79. The van der Waals surface area contributed by atoms with Crippen LogP contribution in [0.15, 0.2) is 49.1 Å². The number of rotatable bonds is 5. The number of hydrogen-bond acceptors (Lipinski definition) is 4. The first-order chi connectivity index (χ1) is 16.5. The van der Waals surface area contributed by atoms with Gasteiger partial charge in [-0.2, -0.15) is 0 Å². The number of nitrogens with one attached hydrogen (secondary N) is 1. The van der Waals surface area contributed by atoms with Gasteiger partial charge in [0.15, 0.2) is 5.82 Å². The zero-order valence-corrected chi connectivity index (χ0v) is 18.5. The summed E-state index contributed by atoms with van der Waals surface area (Å²) < 4.78 is 32.2. The SMILES string of the molecule is Cc1cc(F)c(C(=O)Nc2cccc(-c3ncc4n3C[C@H](F)C4)n2)cc1-n1cnc(C2CC2)c1. The lowest BCUT2D eigenvalue weighted by Crippen LogP contribution is -2.16. The van der Waals surface area contributed by atoms with Crippen molar-refractivity contribution in [2.24, 2.45) is 0 Å². The summed E-state index contributed by atoms with van der Waals surface area (Å²) in [6.45, 7) is 2.03. The summed E-state index contributed by atoms with van der Waals surface area (Å²) in [6.07, 6.45) is 6.95. The number of halogens is 2. The standard InChI is InChI=1S/C25H22F2N6O/c1-14-7-19(27)18(9-22(14)32-12-21(29-13-32)15-5-6-15)25(34)31-23-4-2-3-20(30-23)24-28-10-17-8-16(26)11-33(17)24/h2-4,7,9-10,12-13,15-16H,5-6,8,11H2,1H3,(H,30,31,34)/t16-/m1/s1. The summed E-state index contributed by atoms with van der Waals surface area (Å²) in [4.78, 5) is 26.3. The van der Waals surface area contributed by atoms with Gasteiger partial charge in [-0.15, -0.1) is 0 Å². The third-order valence-electron chi connectivity index (χ3n) is 6.38. The van der Waals surface area contributed by atoms with Gasteiger partial charge in [0.25, 0.3) is 5.91 Å². The Balaban J connectivity index is 1.27. The summed E-state index contributed by atoms with van der Waals surface area (Å²) in [6, 6.07) is 7.98. The van der Waals surface area contributed by atoms with Crippen LogP contribution in [0.1, 0.15) is 46.1 Å². The highest BCUT2D eigenvalue weighted by molar-refractivity contribution is 6.04. The maximum atomic E-state index is 14.8. The first-order valence-electron chi connectivity index (χ1n) is 11.3. The molecule has 3 aromatic heterocycles. The van der Waals surface area contributed by atoms with Gasteiger partial charge in [0.1, 0.15) is 23.5 Å². The molecule has 0 bridgehead atoms. The van der Waals surface area contributed by atoms with E-state index in [1.807, 2.05) is 10.8 Å². The van der Waals surface area contributed by atoms with Crippen molar-refractivity contribution in [1.29, 1.82) is 0 Å². The van der Waals surface area contributed by atoms with Gasteiger partial charge in [0.05, 0.1) is 29.8 Å². The number of aryl methyl sites for hydroxylation is 1. The maximum absolute atomic E-state index is 14.8. The van der Waals surface area contributed by atoms with Gasteiger partial charge in [0, 0.05) is 30.4 Å². The number of carbonyl (C=O) groups excluding carboxylic acids is 1. The van der Waals surface area contributed by atoms with Crippen molar-refractivity contribution in [1.82, 2.24) is 24.1 Å². The monoisotopic (exact) mass is 460 g/mol. The number of benzene rings is 1. The highest BCUT2D eigenvalue weighted by Gasteiger charge is 2.27. The van der Waals surface area contributed by atoms with Crippen LogP contribution in [0.2, 0.25) is 0 Å². The molecule has 0 spiro atoms. The Bertz CT molecular complexity index is 1420. The van der Waals surface area contributed by atoms with Crippen LogP contribution < -0.4 is 5.32 Å². The van der Waals surface area contributed by atoms with Crippen molar-refractivity contribution in [2.75, 3.05) is 5.32 Å². The van der Waals surface area contributed by atoms with Crippen LogP contribution in [0.25, 0.3) is 17.2 Å². The summed E-state index contributed by atoms with van der Waals surface area (Å²) >= 11 is 0. The molecule has 1 atom stereocenters. The van der Waals surface area contributed by atoms with Crippen LogP contribution >= 0.6 is 0 Å². The van der Waals surface area contributed by atoms with E-state index in [9.17, 15) is 13.6 Å². The van der Waals surface area contributed by atoms with Gasteiger partial charge < -0.3 is 14.5 Å². The molecule has 9 heteroatoms. The number of anilines is 1. The summed E-state index contributed by atoms with van der Waals surface area (Å²) in [5.41, 5.74) is 3.65. The highest BCUT2D eigenvalue weighted by Crippen LogP contribution is 2.39. The minimum absolute atomic E-state index is 0.0866. The molecule has 0 saturated heterocycles. The Morgan fingerprint density at radius 1 is 1.21 bits per heavy atom. The van der Waals surface area contributed by atoms with Gasteiger partial charge in [-0.25, -0.2) is 23.7 Å². The zero-order valence-electron chi connectivity index (χ0n) is 18.5. The fraction of sp³-hybridized carbons (Fsp3) is 0.280. The van der Waals surface area contributed by atoms with Crippen LogP contribution in [0.5, 0.6) is 0 Å². The Hall–Kier alpha value is -3.88. The molecule has 1 aliphatic heterocycles. The number of nitrogens with zero attached hydrogens (tertiary/aromatic N) is 5. The Morgan fingerprint density at radius 3 is 2.88 bits per heavy atom. The smallest absolute Gasteiger partial charge is 0.259 e. The van der Waals surface area contributed by atoms with Gasteiger partial charge in [0.2, 0.25) is 0 Å². The molecule has 1 amide bonds. The Labute approximate surface area is 194 Å². The zero-order chi connectivity index (χ0) is 23.4. The van der Waals surface area contributed by atoms with Gasteiger partial charge in [-0.05, 0) is 49.6 Å². The van der Waals surface area contributed by atoms with Crippen molar-refractivity contribution >= 4 is 11.7 Å². The molecule has 6 rings (SSSR count). The first kappa shape index (κ1) is 20.7. The third-order valence-corrected chi connectivity index (χ3v) is 6.38. The molecular weight excluding hydrogens is 438 g/mol. The third kappa shape index (κ3) is 3.67. The molecule has 34 heavy (non-hydrogen) atoms. The molecule has 1 fully saturated rings. The van der Waals surface area contributed by atoms with E-state index in [2.05, 4.69) is 20.3 Å². The average Bonchev–Trinajstić information content (AvgIpc) is 3.23. The fourth-order valence-corrected chi connectivity index (χ4v) is 4.46. The van der Waals surface area contributed by atoms with Crippen molar-refractivity contribution in [3.05, 3.63) is 77.4 Å². The van der Waals surface area contributed by atoms with E-state index in [4.69, 9.17) is 0 Å². The van der Waals surface area contributed by atoms with E-state index in [0.717, 1.165) is 24.2 Å². The van der Waals surface area contributed by atoms with Crippen molar-refractivity contribution in [3.63, 3.8) is 0 Å². The second-order valence-electron chi connectivity index (χ2n) is 8.95.